The number of hydrogen-bond donors (Lipinski definition) is 0. The number of rotatable bonds is 1. The van der Waals surface area contributed by atoms with Crippen LogP contribution in [0.2, 0.25) is 0 Å². The molecule has 0 saturated heterocycles. The maximum absolute atomic E-state index is 12.3. The number of benzene rings is 2. The van der Waals surface area contributed by atoms with E-state index in [9.17, 15) is 4.79 Å². The van der Waals surface area contributed by atoms with Gasteiger partial charge in [-0.3, -0.25) is 0 Å². The summed E-state index contributed by atoms with van der Waals surface area (Å²) in [7, 11) is 0. The van der Waals surface area contributed by atoms with Gasteiger partial charge in [-0.2, -0.15) is 0 Å². The zero-order chi connectivity index (χ0) is 14.3. The molecule has 0 unspecified atom stereocenters. The molecule has 1 saturated carbocycles. The summed E-state index contributed by atoms with van der Waals surface area (Å²) in [6.07, 6.45) is 4.94. The molecule has 2 aliphatic rings. The Hall–Kier alpha value is -2.16. The predicted molar refractivity (Wildman–Crippen MR) is 82.4 cm³/mol. The molecule has 3 heteroatoms. The van der Waals surface area contributed by atoms with Gasteiger partial charge in [0.2, 0.25) is 5.90 Å². The third-order valence-corrected chi connectivity index (χ3v) is 4.59. The van der Waals surface area contributed by atoms with Crippen molar-refractivity contribution >= 4 is 22.6 Å². The van der Waals surface area contributed by atoms with Crippen molar-refractivity contribution in [3.63, 3.8) is 0 Å². The fourth-order valence-corrected chi connectivity index (χ4v) is 3.43. The van der Waals surface area contributed by atoms with Crippen molar-refractivity contribution in [3.05, 3.63) is 48.0 Å². The Labute approximate surface area is 123 Å². The second kappa shape index (κ2) is 4.69. The van der Waals surface area contributed by atoms with Crippen LogP contribution in [0.15, 0.2) is 47.5 Å². The summed E-state index contributed by atoms with van der Waals surface area (Å²) in [5.41, 5.74) is 0.314. The summed E-state index contributed by atoms with van der Waals surface area (Å²) >= 11 is 0. The average Bonchev–Trinajstić information content (AvgIpc) is 2.84. The highest BCUT2D eigenvalue weighted by Crippen LogP contribution is 2.37. The zero-order valence-electron chi connectivity index (χ0n) is 11.8. The molecule has 0 aromatic heterocycles. The highest BCUT2D eigenvalue weighted by molar-refractivity contribution is 6.14. The molecular formula is C18H17NO2. The van der Waals surface area contributed by atoms with Gasteiger partial charge in [0, 0.05) is 5.56 Å². The Morgan fingerprint density at radius 1 is 0.952 bits per heavy atom. The topological polar surface area (TPSA) is 38.7 Å². The lowest BCUT2D eigenvalue weighted by atomic mass is 9.83. The zero-order valence-corrected chi connectivity index (χ0v) is 11.8. The Bertz CT molecular complexity index is 736. The minimum Gasteiger partial charge on any atom is -0.405 e. The van der Waals surface area contributed by atoms with Crippen LogP contribution in [0.3, 0.4) is 0 Å². The number of hydrogen-bond acceptors (Lipinski definition) is 3. The normalized spacial score (nSPS) is 20.6. The monoisotopic (exact) mass is 279 g/mol. The molecule has 0 atom stereocenters. The van der Waals surface area contributed by atoms with Crippen LogP contribution in [0.1, 0.15) is 37.7 Å². The van der Waals surface area contributed by atoms with Gasteiger partial charge in [0.15, 0.2) is 5.54 Å². The lowest BCUT2D eigenvalue weighted by Crippen LogP contribution is -2.35. The molecule has 1 aliphatic carbocycles. The summed E-state index contributed by atoms with van der Waals surface area (Å²) in [5.74, 6) is 0.337. The first-order chi connectivity index (χ1) is 10.3. The van der Waals surface area contributed by atoms with Crippen molar-refractivity contribution in [1.82, 2.24) is 0 Å². The minimum absolute atomic E-state index is 0.162. The molecule has 1 spiro atoms. The highest BCUT2D eigenvalue weighted by Gasteiger charge is 2.46. The molecule has 1 aliphatic heterocycles. The van der Waals surface area contributed by atoms with Gasteiger partial charge in [-0.05, 0) is 29.7 Å². The lowest BCUT2D eigenvalue weighted by Gasteiger charge is -2.25. The second-order valence-corrected chi connectivity index (χ2v) is 5.93. The number of fused-ring (bicyclic) bond motifs is 1. The molecule has 2 aromatic carbocycles. The van der Waals surface area contributed by atoms with Crippen LogP contribution in [-0.4, -0.2) is 17.4 Å². The molecule has 106 valence electrons. The number of nitrogens with zero attached hydrogens (tertiary/aromatic N) is 1. The molecule has 1 fully saturated rings. The Morgan fingerprint density at radius 3 is 2.57 bits per heavy atom. The molecule has 0 amide bonds. The van der Waals surface area contributed by atoms with Crippen LogP contribution in [0.25, 0.3) is 10.8 Å². The standard InChI is InChI=1S/C18H17NO2/c20-17-18(11-4-1-5-12-18)19-16(21-17)15-10-6-8-13-7-2-3-9-14(13)15/h2-3,6-10H,1,4-5,11-12H2. The summed E-state index contributed by atoms with van der Waals surface area (Å²) in [6.45, 7) is 0. The predicted octanol–water partition coefficient (Wildman–Crippen LogP) is 3.85. The van der Waals surface area contributed by atoms with E-state index in [2.05, 4.69) is 12.1 Å². The average molecular weight is 279 g/mol. The maximum Gasteiger partial charge on any atom is 0.340 e. The SMILES string of the molecule is O=C1OC(c2cccc3ccccc23)=NC12CCCCC2. The Morgan fingerprint density at radius 2 is 1.71 bits per heavy atom. The number of esters is 1. The number of ether oxygens (including phenoxy) is 1. The number of carbonyl (C=O) groups is 1. The quantitative estimate of drug-likeness (QED) is 0.744. The van der Waals surface area contributed by atoms with Crippen LogP contribution in [0.4, 0.5) is 0 Å². The summed E-state index contributed by atoms with van der Waals surface area (Å²) in [5, 5.41) is 2.22. The van der Waals surface area contributed by atoms with E-state index in [4.69, 9.17) is 9.73 Å². The van der Waals surface area contributed by atoms with E-state index in [1.165, 1.54) is 6.42 Å². The maximum atomic E-state index is 12.3. The van der Waals surface area contributed by atoms with Crippen molar-refractivity contribution in [2.24, 2.45) is 4.99 Å². The molecule has 0 radical (unpaired) electrons. The first-order valence-corrected chi connectivity index (χ1v) is 7.59. The van der Waals surface area contributed by atoms with Crippen LogP contribution in [0, 0.1) is 0 Å². The third-order valence-electron chi connectivity index (χ3n) is 4.59. The number of carbonyl (C=O) groups excluding carboxylic acids is 1. The molecule has 0 N–H and O–H groups in total. The Balaban J connectivity index is 1.82. The van der Waals surface area contributed by atoms with Crippen LogP contribution >= 0.6 is 0 Å². The Kier molecular flexibility index (Phi) is 2.81. The first kappa shape index (κ1) is 12.6. The van der Waals surface area contributed by atoms with Gasteiger partial charge in [-0.25, -0.2) is 9.79 Å². The summed E-state index contributed by atoms with van der Waals surface area (Å²) in [4.78, 5) is 17.1. The van der Waals surface area contributed by atoms with E-state index in [0.29, 0.717) is 5.90 Å². The van der Waals surface area contributed by atoms with E-state index in [1.54, 1.807) is 0 Å². The summed E-state index contributed by atoms with van der Waals surface area (Å²) in [6, 6.07) is 14.2. The number of cyclic esters (lactones) is 1. The van der Waals surface area contributed by atoms with Crippen molar-refractivity contribution in [2.75, 3.05) is 0 Å². The van der Waals surface area contributed by atoms with E-state index in [-0.39, 0.29) is 5.97 Å². The van der Waals surface area contributed by atoms with Crippen molar-refractivity contribution in [2.45, 2.75) is 37.6 Å². The minimum atomic E-state index is -0.607. The van der Waals surface area contributed by atoms with Crippen molar-refractivity contribution in [3.8, 4) is 0 Å². The van der Waals surface area contributed by atoms with E-state index >= 15 is 0 Å². The highest BCUT2D eigenvalue weighted by atomic mass is 16.6. The van der Waals surface area contributed by atoms with Gasteiger partial charge in [-0.15, -0.1) is 0 Å². The van der Waals surface area contributed by atoms with Crippen molar-refractivity contribution in [1.29, 1.82) is 0 Å². The smallest absolute Gasteiger partial charge is 0.340 e. The van der Waals surface area contributed by atoms with E-state index in [0.717, 1.165) is 42.0 Å². The van der Waals surface area contributed by atoms with E-state index in [1.807, 2.05) is 30.3 Å². The second-order valence-electron chi connectivity index (χ2n) is 5.93. The largest absolute Gasteiger partial charge is 0.405 e. The van der Waals surface area contributed by atoms with Crippen LogP contribution in [0.5, 0.6) is 0 Å². The molecule has 3 nitrogen and oxygen atoms in total. The molecule has 0 bridgehead atoms. The molecular weight excluding hydrogens is 262 g/mol. The van der Waals surface area contributed by atoms with Gasteiger partial charge in [0.1, 0.15) is 0 Å². The van der Waals surface area contributed by atoms with Crippen molar-refractivity contribution < 1.29 is 9.53 Å². The summed E-state index contributed by atoms with van der Waals surface area (Å²) < 4.78 is 5.56. The van der Waals surface area contributed by atoms with Gasteiger partial charge in [-0.1, -0.05) is 55.7 Å². The third kappa shape index (κ3) is 1.96. The molecule has 21 heavy (non-hydrogen) atoms. The van der Waals surface area contributed by atoms with Crippen LogP contribution in [-0.2, 0) is 9.53 Å². The van der Waals surface area contributed by atoms with E-state index < -0.39 is 5.54 Å². The van der Waals surface area contributed by atoms with Gasteiger partial charge in [0.25, 0.3) is 0 Å². The first-order valence-electron chi connectivity index (χ1n) is 7.59. The molecule has 1 heterocycles. The van der Waals surface area contributed by atoms with Crippen LogP contribution < -0.4 is 0 Å². The fraction of sp³-hybridized carbons (Fsp3) is 0.333. The molecule has 4 rings (SSSR count). The lowest BCUT2D eigenvalue weighted by molar-refractivity contribution is -0.140. The van der Waals surface area contributed by atoms with Gasteiger partial charge >= 0.3 is 5.97 Å². The number of aliphatic imine (C=N–C) groups is 1. The molecule has 2 aromatic rings. The fourth-order valence-electron chi connectivity index (χ4n) is 3.43. The van der Waals surface area contributed by atoms with Gasteiger partial charge in [0.05, 0.1) is 0 Å². The van der Waals surface area contributed by atoms with Gasteiger partial charge < -0.3 is 4.74 Å².